The Labute approximate surface area is 144 Å². The summed E-state index contributed by atoms with van der Waals surface area (Å²) >= 11 is 0. The average molecular weight is 339 g/mol. The highest BCUT2D eigenvalue weighted by molar-refractivity contribution is 5.68. The minimum absolute atomic E-state index is 0.0213. The van der Waals surface area contributed by atoms with Crippen LogP contribution in [0.25, 0.3) is 0 Å². The molecule has 6 heteroatoms. The van der Waals surface area contributed by atoms with Crippen molar-refractivity contribution in [3.8, 4) is 0 Å². The summed E-state index contributed by atoms with van der Waals surface area (Å²) < 4.78 is 16.9. The van der Waals surface area contributed by atoms with Crippen molar-refractivity contribution < 1.29 is 23.8 Å². The molecule has 2 atom stereocenters. The van der Waals surface area contributed by atoms with Crippen LogP contribution in [0.1, 0.15) is 53.9 Å². The van der Waals surface area contributed by atoms with Gasteiger partial charge in [-0.15, -0.1) is 0 Å². The molecule has 0 aromatic carbocycles. The van der Waals surface area contributed by atoms with Gasteiger partial charge in [-0.2, -0.15) is 0 Å². The minimum Gasteiger partial charge on any atom is -0.457 e. The van der Waals surface area contributed by atoms with Gasteiger partial charge in [0.25, 0.3) is 0 Å². The van der Waals surface area contributed by atoms with Gasteiger partial charge in [0.2, 0.25) is 5.79 Å². The topological polar surface area (TPSA) is 65.1 Å². The standard InChI is InChI=1S/C18H29NO5/c1-17(2,3)24-16(21)19-9-8-13(7-6-10-20)14(11-19)15-12-22-18(4,5)23-15/h10,12-14H,6-9,11H2,1-5H3/t13-,14+/m1/s1. The van der Waals surface area contributed by atoms with Gasteiger partial charge < -0.3 is 23.9 Å². The van der Waals surface area contributed by atoms with E-state index < -0.39 is 11.4 Å². The summed E-state index contributed by atoms with van der Waals surface area (Å²) in [4.78, 5) is 24.9. The summed E-state index contributed by atoms with van der Waals surface area (Å²) in [5.74, 6) is 0.383. The second kappa shape index (κ2) is 7.03. The molecule has 0 bridgehead atoms. The normalized spacial score (nSPS) is 26.2. The van der Waals surface area contributed by atoms with Gasteiger partial charge in [0, 0.05) is 39.3 Å². The third kappa shape index (κ3) is 4.89. The number of hydrogen-bond donors (Lipinski definition) is 0. The van der Waals surface area contributed by atoms with Gasteiger partial charge in [0.05, 0.1) is 0 Å². The van der Waals surface area contributed by atoms with Crippen molar-refractivity contribution in [2.24, 2.45) is 11.8 Å². The lowest BCUT2D eigenvalue weighted by atomic mass is 9.81. The summed E-state index contributed by atoms with van der Waals surface area (Å²) in [7, 11) is 0. The number of aldehydes is 1. The fraction of sp³-hybridized carbons (Fsp3) is 0.778. The van der Waals surface area contributed by atoms with Crippen LogP contribution in [0.15, 0.2) is 12.0 Å². The number of hydrogen-bond acceptors (Lipinski definition) is 5. The Hall–Kier alpha value is -1.72. The molecule has 0 N–H and O–H groups in total. The van der Waals surface area contributed by atoms with Crippen LogP contribution in [0.2, 0.25) is 0 Å². The summed E-state index contributed by atoms with van der Waals surface area (Å²) in [6, 6.07) is 0. The van der Waals surface area contributed by atoms with Crippen LogP contribution in [-0.4, -0.2) is 41.8 Å². The zero-order valence-electron chi connectivity index (χ0n) is 15.3. The van der Waals surface area contributed by atoms with Crippen molar-refractivity contribution in [2.75, 3.05) is 13.1 Å². The maximum absolute atomic E-state index is 12.4. The van der Waals surface area contributed by atoms with E-state index in [2.05, 4.69) is 0 Å². The zero-order chi connectivity index (χ0) is 18.0. The molecule has 2 aliphatic rings. The van der Waals surface area contributed by atoms with Crippen molar-refractivity contribution in [3.63, 3.8) is 0 Å². The summed E-state index contributed by atoms with van der Waals surface area (Å²) in [5.41, 5.74) is -0.519. The van der Waals surface area contributed by atoms with E-state index in [-0.39, 0.29) is 17.9 Å². The van der Waals surface area contributed by atoms with E-state index >= 15 is 0 Å². The van der Waals surface area contributed by atoms with E-state index in [4.69, 9.17) is 14.2 Å². The molecule has 1 amide bonds. The Morgan fingerprint density at radius 1 is 1.46 bits per heavy atom. The first kappa shape index (κ1) is 18.6. The maximum Gasteiger partial charge on any atom is 0.410 e. The third-order valence-electron chi connectivity index (χ3n) is 4.25. The number of ether oxygens (including phenoxy) is 3. The van der Waals surface area contributed by atoms with Gasteiger partial charge in [0.15, 0.2) is 0 Å². The van der Waals surface area contributed by atoms with E-state index in [0.29, 0.717) is 19.5 Å². The number of likely N-dealkylation sites (tertiary alicyclic amines) is 1. The first-order chi connectivity index (χ1) is 11.1. The Morgan fingerprint density at radius 2 is 2.17 bits per heavy atom. The fourth-order valence-electron chi connectivity index (χ4n) is 3.14. The van der Waals surface area contributed by atoms with E-state index in [1.165, 1.54) is 0 Å². The molecule has 6 nitrogen and oxygen atoms in total. The van der Waals surface area contributed by atoms with E-state index in [9.17, 15) is 9.59 Å². The van der Waals surface area contributed by atoms with E-state index in [0.717, 1.165) is 24.9 Å². The molecule has 2 aliphatic heterocycles. The number of piperidine rings is 1. The van der Waals surface area contributed by atoms with Crippen LogP contribution in [0.5, 0.6) is 0 Å². The van der Waals surface area contributed by atoms with Gasteiger partial charge in [0.1, 0.15) is 23.9 Å². The second-order valence-corrected chi connectivity index (χ2v) is 7.97. The highest BCUT2D eigenvalue weighted by atomic mass is 16.7. The predicted molar refractivity (Wildman–Crippen MR) is 89.0 cm³/mol. The Kier molecular flexibility index (Phi) is 5.45. The van der Waals surface area contributed by atoms with E-state index in [1.807, 2.05) is 34.6 Å². The molecule has 1 saturated heterocycles. The largest absolute Gasteiger partial charge is 0.457 e. The van der Waals surface area contributed by atoms with Crippen molar-refractivity contribution in [1.82, 2.24) is 4.90 Å². The molecule has 2 heterocycles. The van der Waals surface area contributed by atoms with Crippen molar-refractivity contribution >= 4 is 12.4 Å². The van der Waals surface area contributed by atoms with E-state index in [1.54, 1.807) is 11.2 Å². The van der Waals surface area contributed by atoms with Gasteiger partial charge in [-0.3, -0.25) is 0 Å². The SMILES string of the molecule is CC(C)(C)OC(=O)N1CC[C@@H](CCC=O)[C@@H](C2=COC(C)(C)O2)C1. The number of carbonyl (C=O) groups is 2. The number of rotatable bonds is 4. The lowest BCUT2D eigenvalue weighted by Gasteiger charge is -2.39. The maximum atomic E-state index is 12.4. The smallest absolute Gasteiger partial charge is 0.410 e. The molecule has 0 unspecified atom stereocenters. The van der Waals surface area contributed by atoms with Gasteiger partial charge in [-0.1, -0.05) is 0 Å². The molecule has 0 spiro atoms. The molecule has 0 aromatic rings. The molecular formula is C18H29NO5. The third-order valence-corrected chi connectivity index (χ3v) is 4.25. The number of carbonyl (C=O) groups excluding carboxylic acids is 2. The first-order valence-corrected chi connectivity index (χ1v) is 8.60. The monoisotopic (exact) mass is 339 g/mol. The van der Waals surface area contributed by atoms with Crippen LogP contribution in [0, 0.1) is 11.8 Å². The molecule has 2 rings (SSSR count). The van der Waals surface area contributed by atoms with Crippen molar-refractivity contribution in [3.05, 3.63) is 12.0 Å². The summed E-state index contributed by atoms with van der Waals surface area (Å²) in [6.07, 6.45) is 4.42. The predicted octanol–water partition coefficient (Wildman–Crippen LogP) is 3.46. The zero-order valence-corrected chi connectivity index (χ0v) is 15.3. The molecule has 0 radical (unpaired) electrons. The Morgan fingerprint density at radius 3 is 2.71 bits per heavy atom. The van der Waals surface area contributed by atoms with Crippen LogP contribution < -0.4 is 0 Å². The molecule has 0 saturated carbocycles. The van der Waals surface area contributed by atoms with Gasteiger partial charge >= 0.3 is 6.09 Å². The lowest BCUT2D eigenvalue weighted by Crippen LogP contribution is -2.46. The molecule has 1 fully saturated rings. The Bertz CT molecular complexity index is 506. The molecule has 24 heavy (non-hydrogen) atoms. The summed E-state index contributed by atoms with van der Waals surface area (Å²) in [5, 5.41) is 0. The lowest BCUT2D eigenvalue weighted by molar-refractivity contribution is -0.124. The van der Waals surface area contributed by atoms with Crippen molar-refractivity contribution in [1.29, 1.82) is 0 Å². The number of amides is 1. The molecule has 136 valence electrons. The average Bonchev–Trinajstić information content (AvgIpc) is 2.83. The highest BCUT2D eigenvalue weighted by Gasteiger charge is 2.40. The minimum atomic E-state index is -0.682. The fourth-order valence-corrected chi connectivity index (χ4v) is 3.14. The van der Waals surface area contributed by atoms with Crippen LogP contribution in [0.3, 0.4) is 0 Å². The quantitative estimate of drug-likeness (QED) is 0.734. The second-order valence-electron chi connectivity index (χ2n) is 7.97. The van der Waals surface area contributed by atoms with Gasteiger partial charge in [-0.05, 0) is 39.5 Å². The van der Waals surface area contributed by atoms with Crippen LogP contribution in [0.4, 0.5) is 4.79 Å². The van der Waals surface area contributed by atoms with Gasteiger partial charge in [-0.25, -0.2) is 4.79 Å². The molecular weight excluding hydrogens is 310 g/mol. The first-order valence-electron chi connectivity index (χ1n) is 8.60. The van der Waals surface area contributed by atoms with Crippen LogP contribution >= 0.6 is 0 Å². The number of nitrogens with zero attached hydrogens (tertiary/aromatic N) is 1. The Balaban J connectivity index is 2.08. The molecule has 0 aromatic heterocycles. The summed E-state index contributed by atoms with van der Waals surface area (Å²) in [6.45, 7) is 10.4. The molecule has 0 aliphatic carbocycles. The van der Waals surface area contributed by atoms with Crippen molar-refractivity contribution in [2.45, 2.75) is 65.3 Å². The highest BCUT2D eigenvalue weighted by Crippen LogP contribution is 2.38. The van der Waals surface area contributed by atoms with Crippen LogP contribution in [-0.2, 0) is 19.0 Å².